The minimum absolute atomic E-state index is 0.0985. The molecule has 158 valence electrons. The molecule has 1 aliphatic rings. The van der Waals surface area contributed by atoms with E-state index in [2.05, 4.69) is 30.4 Å². The van der Waals surface area contributed by atoms with Crippen LogP contribution in [0.2, 0.25) is 0 Å². The predicted molar refractivity (Wildman–Crippen MR) is 123 cm³/mol. The number of benzene rings is 3. The van der Waals surface area contributed by atoms with Gasteiger partial charge in [0.1, 0.15) is 6.17 Å². The lowest BCUT2D eigenvalue weighted by Crippen LogP contribution is -2.43. The number of hydrogen-bond donors (Lipinski definition) is 2. The number of nitrogens with one attached hydrogen (secondary N) is 1. The SMILES string of the molecule is CCC1CCCCN1S(=O)(=O)c1ccc(NC(N)c2cccc3ccccc23)cc1. The van der Waals surface area contributed by atoms with Gasteiger partial charge in [0.25, 0.3) is 0 Å². The van der Waals surface area contributed by atoms with Crippen LogP contribution in [0, 0.1) is 0 Å². The van der Waals surface area contributed by atoms with E-state index in [-0.39, 0.29) is 6.04 Å². The van der Waals surface area contributed by atoms with Gasteiger partial charge in [-0.05, 0) is 59.9 Å². The minimum atomic E-state index is -3.48. The largest absolute Gasteiger partial charge is 0.366 e. The molecule has 3 aromatic rings. The molecule has 0 saturated carbocycles. The number of anilines is 1. The standard InChI is InChI=1S/C24H29N3O2S/c1-2-20-10-5-6-17-27(20)30(28,29)21-15-13-19(14-16-21)26-24(25)23-12-7-9-18-8-3-4-11-22(18)23/h3-4,7-9,11-16,20,24,26H,2,5-6,10,17,25H2,1H3. The molecule has 1 aliphatic heterocycles. The molecule has 5 nitrogen and oxygen atoms in total. The summed E-state index contributed by atoms with van der Waals surface area (Å²) in [6.45, 7) is 2.66. The molecule has 0 radical (unpaired) electrons. The lowest BCUT2D eigenvalue weighted by Gasteiger charge is -2.34. The third-order valence-corrected chi connectivity index (χ3v) is 7.95. The third kappa shape index (κ3) is 4.08. The van der Waals surface area contributed by atoms with Gasteiger partial charge in [0.05, 0.1) is 4.90 Å². The monoisotopic (exact) mass is 423 g/mol. The first-order valence-corrected chi connectivity index (χ1v) is 12.1. The van der Waals surface area contributed by atoms with Crippen LogP contribution in [-0.4, -0.2) is 25.3 Å². The lowest BCUT2D eigenvalue weighted by molar-refractivity contribution is 0.246. The molecule has 0 aliphatic carbocycles. The van der Waals surface area contributed by atoms with Crippen LogP contribution < -0.4 is 11.1 Å². The van der Waals surface area contributed by atoms with Crippen molar-refractivity contribution in [2.75, 3.05) is 11.9 Å². The smallest absolute Gasteiger partial charge is 0.243 e. The van der Waals surface area contributed by atoms with Gasteiger partial charge in [-0.2, -0.15) is 4.31 Å². The van der Waals surface area contributed by atoms with Crippen LogP contribution in [0.25, 0.3) is 10.8 Å². The number of nitrogens with two attached hydrogens (primary N) is 1. The van der Waals surface area contributed by atoms with Gasteiger partial charge < -0.3 is 11.1 Å². The second kappa shape index (κ2) is 8.76. The second-order valence-electron chi connectivity index (χ2n) is 7.89. The maximum atomic E-state index is 13.1. The van der Waals surface area contributed by atoms with E-state index in [4.69, 9.17) is 5.73 Å². The van der Waals surface area contributed by atoms with Crippen LogP contribution in [0.4, 0.5) is 5.69 Å². The summed E-state index contributed by atoms with van der Waals surface area (Å²) in [6.07, 6.45) is 3.41. The van der Waals surface area contributed by atoms with E-state index in [1.54, 1.807) is 28.6 Å². The average Bonchev–Trinajstić information content (AvgIpc) is 2.79. The fraction of sp³-hybridized carbons (Fsp3) is 0.333. The molecule has 30 heavy (non-hydrogen) atoms. The molecule has 0 spiro atoms. The summed E-state index contributed by atoms with van der Waals surface area (Å²) in [6, 6.07) is 21.3. The Morgan fingerprint density at radius 1 is 1.03 bits per heavy atom. The van der Waals surface area contributed by atoms with Crippen LogP contribution in [-0.2, 0) is 10.0 Å². The quantitative estimate of drug-likeness (QED) is 0.555. The van der Waals surface area contributed by atoms with Crippen LogP contribution in [0.1, 0.15) is 44.3 Å². The molecule has 6 heteroatoms. The molecular weight excluding hydrogens is 394 g/mol. The fourth-order valence-corrected chi connectivity index (χ4v) is 6.10. The van der Waals surface area contributed by atoms with Gasteiger partial charge in [0.15, 0.2) is 0 Å². The molecule has 1 fully saturated rings. The minimum Gasteiger partial charge on any atom is -0.366 e. The van der Waals surface area contributed by atoms with E-state index in [9.17, 15) is 8.42 Å². The summed E-state index contributed by atoms with van der Waals surface area (Å²) in [5, 5.41) is 5.54. The molecule has 2 unspecified atom stereocenters. The summed E-state index contributed by atoms with van der Waals surface area (Å²) in [5.74, 6) is 0. The van der Waals surface area contributed by atoms with Crippen LogP contribution in [0.5, 0.6) is 0 Å². The third-order valence-electron chi connectivity index (χ3n) is 5.99. The molecule has 3 N–H and O–H groups in total. The zero-order chi connectivity index (χ0) is 21.1. The maximum Gasteiger partial charge on any atom is 0.243 e. The molecule has 4 rings (SSSR count). The van der Waals surface area contributed by atoms with Gasteiger partial charge in [-0.3, -0.25) is 0 Å². The highest BCUT2D eigenvalue weighted by atomic mass is 32.2. The van der Waals surface area contributed by atoms with Crippen LogP contribution in [0.15, 0.2) is 71.6 Å². The van der Waals surface area contributed by atoms with E-state index in [1.165, 1.54) is 0 Å². The van der Waals surface area contributed by atoms with Crippen molar-refractivity contribution in [3.63, 3.8) is 0 Å². The van der Waals surface area contributed by atoms with E-state index in [0.717, 1.165) is 47.7 Å². The second-order valence-corrected chi connectivity index (χ2v) is 9.78. The molecule has 0 aromatic heterocycles. The Labute approximate surface area is 178 Å². The van der Waals surface area contributed by atoms with Gasteiger partial charge in [-0.15, -0.1) is 0 Å². The molecule has 0 bridgehead atoms. The average molecular weight is 424 g/mol. The summed E-state index contributed by atoms with van der Waals surface area (Å²) in [5.41, 5.74) is 8.23. The summed E-state index contributed by atoms with van der Waals surface area (Å²) in [4.78, 5) is 0.340. The summed E-state index contributed by atoms with van der Waals surface area (Å²) >= 11 is 0. The van der Waals surface area contributed by atoms with Crippen LogP contribution in [0.3, 0.4) is 0 Å². The van der Waals surface area contributed by atoms with Crippen molar-refractivity contribution in [1.29, 1.82) is 0 Å². The lowest BCUT2D eigenvalue weighted by atomic mass is 10.0. The number of fused-ring (bicyclic) bond motifs is 1. The molecule has 2 atom stereocenters. The van der Waals surface area contributed by atoms with Gasteiger partial charge in [-0.25, -0.2) is 8.42 Å². The van der Waals surface area contributed by atoms with Gasteiger partial charge >= 0.3 is 0 Å². The first-order valence-electron chi connectivity index (χ1n) is 10.6. The van der Waals surface area contributed by atoms with Crippen molar-refractivity contribution in [2.45, 2.75) is 49.7 Å². The molecule has 0 amide bonds. The number of nitrogens with zero attached hydrogens (tertiary/aromatic N) is 1. The number of hydrogen-bond acceptors (Lipinski definition) is 4. The number of rotatable bonds is 6. The first kappa shape index (κ1) is 20.8. The Hall–Kier alpha value is -2.41. The highest BCUT2D eigenvalue weighted by molar-refractivity contribution is 7.89. The Morgan fingerprint density at radius 3 is 2.53 bits per heavy atom. The van der Waals surface area contributed by atoms with Crippen LogP contribution >= 0.6 is 0 Å². The molecule has 3 aromatic carbocycles. The van der Waals surface area contributed by atoms with E-state index in [0.29, 0.717) is 11.4 Å². The Balaban J connectivity index is 1.53. The van der Waals surface area contributed by atoms with Crippen molar-refractivity contribution in [1.82, 2.24) is 4.31 Å². The van der Waals surface area contributed by atoms with Gasteiger partial charge in [-0.1, -0.05) is 55.8 Å². The van der Waals surface area contributed by atoms with Crippen molar-refractivity contribution < 1.29 is 8.42 Å². The number of piperidine rings is 1. The van der Waals surface area contributed by atoms with E-state index < -0.39 is 16.2 Å². The highest BCUT2D eigenvalue weighted by Crippen LogP contribution is 2.29. The normalized spacial score (nSPS) is 18.9. The summed E-state index contributed by atoms with van der Waals surface area (Å²) in [7, 11) is -3.48. The van der Waals surface area contributed by atoms with Crippen molar-refractivity contribution in [3.8, 4) is 0 Å². The zero-order valence-corrected chi connectivity index (χ0v) is 18.1. The fourth-order valence-electron chi connectivity index (χ4n) is 4.34. The Bertz CT molecular complexity index is 1110. The topological polar surface area (TPSA) is 75.4 Å². The van der Waals surface area contributed by atoms with E-state index >= 15 is 0 Å². The van der Waals surface area contributed by atoms with Crippen molar-refractivity contribution in [3.05, 3.63) is 72.3 Å². The molecule has 1 saturated heterocycles. The van der Waals surface area contributed by atoms with Crippen molar-refractivity contribution in [2.24, 2.45) is 5.73 Å². The Morgan fingerprint density at radius 2 is 1.77 bits per heavy atom. The van der Waals surface area contributed by atoms with Crippen molar-refractivity contribution >= 4 is 26.5 Å². The van der Waals surface area contributed by atoms with Gasteiger partial charge in [0.2, 0.25) is 10.0 Å². The van der Waals surface area contributed by atoms with Gasteiger partial charge in [0, 0.05) is 18.3 Å². The Kier molecular flexibility index (Phi) is 6.09. The maximum absolute atomic E-state index is 13.1. The molecular formula is C24H29N3O2S. The number of sulfonamides is 1. The first-order chi connectivity index (χ1) is 14.5. The summed E-state index contributed by atoms with van der Waals surface area (Å²) < 4.78 is 28.0. The van der Waals surface area contributed by atoms with E-state index in [1.807, 2.05) is 24.3 Å². The molecule has 1 heterocycles. The highest BCUT2D eigenvalue weighted by Gasteiger charge is 2.32. The zero-order valence-electron chi connectivity index (χ0n) is 17.3. The predicted octanol–water partition coefficient (Wildman–Crippen LogP) is 4.86.